The summed E-state index contributed by atoms with van der Waals surface area (Å²) in [7, 11) is 0. The number of halogens is 1. The van der Waals surface area contributed by atoms with Gasteiger partial charge in [-0.3, -0.25) is 0 Å². The molecule has 82 valence electrons. The van der Waals surface area contributed by atoms with E-state index in [-0.39, 0.29) is 0 Å². The lowest BCUT2D eigenvalue weighted by atomic mass is 10.0. The summed E-state index contributed by atoms with van der Waals surface area (Å²) in [5.74, 6) is 0.700. The standard InChI is InChI=1S/C13H13ClN2/c1-8-5-4-6-11(10(8)3)13-15-9(2)7-12(14)16-13/h4-7H,1-3H3. The highest BCUT2D eigenvalue weighted by molar-refractivity contribution is 6.29. The molecule has 2 rings (SSSR count). The van der Waals surface area contributed by atoms with Gasteiger partial charge in [-0.2, -0.15) is 0 Å². The van der Waals surface area contributed by atoms with Gasteiger partial charge in [0, 0.05) is 11.3 Å². The van der Waals surface area contributed by atoms with Crippen molar-refractivity contribution in [3.63, 3.8) is 0 Å². The summed E-state index contributed by atoms with van der Waals surface area (Å²) in [6, 6.07) is 7.87. The first kappa shape index (κ1) is 11.1. The molecule has 0 N–H and O–H groups in total. The molecular formula is C13H13ClN2. The quantitative estimate of drug-likeness (QED) is 0.701. The monoisotopic (exact) mass is 232 g/mol. The van der Waals surface area contributed by atoms with Crippen LogP contribution in [0.15, 0.2) is 24.3 Å². The SMILES string of the molecule is Cc1cc(Cl)nc(-c2cccc(C)c2C)n1. The summed E-state index contributed by atoms with van der Waals surface area (Å²) >= 11 is 5.94. The first-order chi connectivity index (χ1) is 7.58. The van der Waals surface area contributed by atoms with Crippen LogP contribution >= 0.6 is 11.6 Å². The highest BCUT2D eigenvalue weighted by Gasteiger charge is 2.07. The highest BCUT2D eigenvalue weighted by Crippen LogP contribution is 2.23. The van der Waals surface area contributed by atoms with Crippen molar-refractivity contribution in [2.24, 2.45) is 0 Å². The first-order valence-corrected chi connectivity index (χ1v) is 5.53. The third-order valence-corrected chi connectivity index (χ3v) is 2.86. The molecule has 0 radical (unpaired) electrons. The minimum atomic E-state index is 0.489. The normalized spacial score (nSPS) is 10.5. The Balaban J connectivity index is 2.63. The zero-order valence-corrected chi connectivity index (χ0v) is 10.3. The van der Waals surface area contributed by atoms with Crippen molar-refractivity contribution < 1.29 is 0 Å². The van der Waals surface area contributed by atoms with Gasteiger partial charge in [-0.15, -0.1) is 0 Å². The zero-order chi connectivity index (χ0) is 11.7. The molecule has 16 heavy (non-hydrogen) atoms. The van der Waals surface area contributed by atoms with Gasteiger partial charge in [0.05, 0.1) is 0 Å². The molecule has 1 heterocycles. The van der Waals surface area contributed by atoms with Crippen molar-refractivity contribution in [3.8, 4) is 11.4 Å². The molecule has 1 aromatic carbocycles. The van der Waals surface area contributed by atoms with E-state index in [1.807, 2.05) is 19.1 Å². The molecule has 0 aliphatic heterocycles. The summed E-state index contributed by atoms with van der Waals surface area (Å²) in [4.78, 5) is 8.67. The van der Waals surface area contributed by atoms with Crippen LogP contribution in [0.25, 0.3) is 11.4 Å². The van der Waals surface area contributed by atoms with E-state index in [0.29, 0.717) is 11.0 Å². The van der Waals surface area contributed by atoms with Gasteiger partial charge < -0.3 is 0 Å². The average Bonchev–Trinajstić information content (AvgIpc) is 2.20. The molecule has 0 saturated heterocycles. The van der Waals surface area contributed by atoms with Gasteiger partial charge in [0.1, 0.15) is 5.15 Å². The van der Waals surface area contributed by atoms with E-state index in [0.717, 1.165) is 11.3 Å². The van der Waals surface area contributed by atoms with Crippen LogP contribution in [0.1, 0.15) is 16.8 Å². The third-order valence-electron chi connectivity index (χ3n) is 2.67. The predicted molar refractivity (Wildman–Crippen MR) is 66.7 cm³/mol. The number of rotatable bonds is 1. The summed E-state index contributed by atoms with van der Waals surface area (Å²) in [5, 5.41) is 0.489. The maximum atomic E-state index is 5.94. The van der Waals surface area contributed by atoms with Gasteiger partial charge in [-0.05, 0) is 38.0 Å². The Morgan fingerprint density at radius 2 is 1.81 bits per heavy atom. The van der Waals surface area contributed by atoms with Crippen molar-refractivity contribution in [1.29, 1.82) is 0 Å². The summed E-state index contributed by atoms with van der Waals surface area (Å²) < 4.78 is 0. The smallest absolute Gasteiger partial charge is 0.161 e. The van der Waals surface area contributed by atoms with Crippen LogP contribution in [0.2, 0.25) is 5.15 Å². The van der Waals surface area contributed by atoms with Gasteiger partial charge in [-0.1, -0.05) is 29.8 Å². The maximum Gasteiger partial charge on any atom is 0.161 e. The van der Waals surface area contributed by atoms with E-state index >= 15 is 0 Å². The number of benzene rings is 1. The Kier molecular flexibility index (Phi) is 2.92. The lowest BCUT2D eigenvalue weighted by Gasteiger charge is -2.08. The van der Waals surface area contributed by atoms with E-state index in [9.17, 15) is 0 Å². The van der Waals surface area contributed by atoms with Crippen LogP contribution in [0.5, 0.6) is 0 Å². The molecule has 0 fully saturated rings. The fraction of sp³-hybridized carbons (Fsp3) is 0.231. The minimum Gasteiger partial charge on any atom is -0.233 e. The Labute approximate surface area is 100 Å². The molecular weight excluding hydrogens is 220 g/mol. The van der Waals surface area contributed by atoms with Gasteiger partial charge in [0.2, 0.25) is 0 Å². The van der Waals surface area contributed by atoms with Gasteiger partial charge in [0.15, 0.2) is 5.82 Å². The molecule has 0 atom stereocenters. The van der Waals surface area contributed by atoms with Gasteiger partial charge in [-0.25, -0.2) is 9.97 Å². The maximum absolute atomic E-state index is 5.94. The van der Waals surface area contributed by atoms with Crippen LogP contribution in [-0.2, 0) is 0 Å². The second kappa shape index (κ2) is 4.22. The molecule has 0 aliphatic rings. The molecule has 0 spiro atoms. The van der Waals surface area contributed by atoms with E-state index in [1.54, 1.807) is 6.07 Å². The highest BCUT2D eigenvalue weighted by atomic mass is 35.5. The number of aromatic nitrogens is 2. The fourth-order valence-electron chi connectivity index (χ4n) is 1.64. The summed E-state index contributed by atoms with van der Waals surface area (Å²) in [6.45, 7) is 6.07. The number of nitrogens with zero attached hydrogens (tertiary/aromatic N) is 2. The largest absolute Gasteiger partial charge is 0.233 e. The van der Waals surface area contributed by atoms with Crippen LogP contribution in [-0.4, -0.2) is 9.97 Å². The van der Waals surface area contributed by atoms with Crippen molar-refractivity contribution in [1.82, 2.24) is 9.97 Å². The lowest BCUT2D eigenvalue weighted by molar-refractivity contribution is 1.10. The Morgan fingerprint density at radius 1 is 1.06 bits per heavy atom. The second-order valence-corrected chi connectivity index (χ2v) is 4.29. The lowest BCUT2D eigenvalue weighted by Crippen LogP contribution is -1.95. The predicted octanol–water partition coefficient (Wildman–Crippen LogP) is 3.72. The molecule has 0 aliphatic carbocycles. The first-order valence-electron chi connectivity index (χ1n) is 5.15. The minimum absolute atomic E-state index is 0.489. The Bertz CT molecular complexity index is 515. The summed E-state index contributed by atoms with van der Waals surface area (Å²) in [5.41, 5.74) is 4.37. The fourth-order valence-corrected chi connectivity index (χ4v) is 1.88. The Hall–Kier alpha value is -1.41. The van der Waals surface area contributed by atoms with Crippen molar-refractivity contribution in [2.45, 2.75) is 20.8 Å². The number of hydrogen-bond donors (Lipinski definition) is 0. The van der Waals surface area contributed by atoms with E-state index < -0.39 is 0 Å². The van der Waals surface area contributed by atoms with Crippen molar-refractivity contribution in [3.05, 3.63) is 46.2 Å². The average molecular weight is 233 g/mol. The molecule has 0 saturated carbocycles. The molecule has 2 nitrogen and oxygen atoms in total. The van der Waals surface area contributed by atoms with Gasteiger partial charge >= 0.3 is 0 Å². The molecule has 2 aromatic rings. The third kappa shape index (κ3) is 2.07. The van der Waals surface area contributed by atoms with Crippen molar-refractivity contribution in [2.75, 3.05) is 0 Å². The molecule has 0 unspecified atom stereocenters. The van der Waals surface area contributed by atoms with Crippen LogP contribution in [0.4, 0.5) is 0 Å². The van der Waals surface area contributed by atoms with Crippen molar-refractivity contribution >= 4 is 11.6 Å². The molecule has 0 bridgehead atoms. The van der Waals surface area contributed by atoms with E-state index in [2.05, 4.69) is 29.9 Å². The van der Waals surface area contributed by atoms with E-state index in [1.165, 1.54) is 11.1 Å². The van der Waals surface area contributed by atoms with Crippen LogP contribution in [0, 0.1) is 20.8 Å². The number of aryl methyl sites for hydroxylation is 2. The molecule has 0 amide bonds. The molecule has 1 aromatic heterocycles. The second-order valence-electron chi connectivity index (χ2n) is 3.90. The zero-order valence-electron chi connectivity index (χ0n) is 9.58. The summed E-state index contributed by atoms with van der Waals surface area (Å²) in [6.07, 6.45) is 0. The number of hydrogen-bond acceptors (Lipinski definition) is 2. The topological polar surface area (TPSA) is 25.8 Å². The Morgan fingerprint density at radius 3 is 2.50 bits per heavy atom. The van der Waals surface area contributed by atoms with Crippen LogP contribution < -0.4 is 0 Å². The molecule has 3 heteroatoms. The van der Waals surface area contributed by atoms with E-state index in [4.69, 9.17) is 11.6 Å². The van der Waals surface area contributed by atoms with Gasteiger partial charge in [0.25, 0.3) is 0 Å². The van der Waals surface area contributed by atoms with Crippen LogP contribution in [0.3, 0.4) is 0 Å².